The fraction of sp³-hybridized carbons (Fsp3) is 0. The number of hydrogen-bond acceptors (Lipinski definition) is 4. The van der Waals surface area contributed by atoms with Crippen molar-refractivity contribution in [2.24, 2.45) is 0 Å². The van der Waals surface area contributed by atoms with Gasteiger partial charge >= 0.3 is 0 Å². The number of hydrogen-bond donors (Lipinski definition) is 0. The molecule has 0 N–H and O–H groups in total. The molecule has 0 fully saturated rings. The minimum absolute atomic E-state index is 0.124. The average molecular weight is 282 g/mol. The molecule has 0 saturated carbocycles. The van der Waals surface area contributed by atoms with Gasteiger partial charge in [-0.3, -0.25) is 0 Å². The molecule has 0 atom stereocenters. The first kappa shape index (κ1) is 12.2. The molecule has 0 saturated heterocycles. The van der Waals surface area contributed by atoms with Crippen LogP contribution in [-0.4, -0.2) is 9.97 Å². The lowest BCUT2D eigenvalue weighted by molar-refractivity contribution is 1.10. The second-order valence-electron chi connectivity index (χ2n) is 3.03. The van der Waals surface area contributed by atoms with Gasteiger partial charge in [-0.05, 0) is 35.9 Å². The van der Waals surface area contributed by atoms with Crippen molar-refractivity contribution in [2.45, 2.75) is 9.79 Å². The van der Waals surface area contributed by atoms with Crippen LogP contribution < -0.4 is 0 Å². The lowest BCUT2D eigenvalue weighted by Crippen LogP contribution is -1.85. The summed E-state index contributed by atoms with van der Waals surface area (Å²) in [6, 6.07) is 9.23. The van der Waals surface area contributed by atoms with Crippen LogP contribution in [0.5, 0.6) is 0 Å². The molecule has 1 aromatic carbocycles. The van der Waals surface area contributed by atoms with Gasteiger partial charge in [-0.1, -0.05) is 23.4 Å². The largest absolute Gasteiger partial charge is 0.225 e. The van der Waals surface area contributed by atoms with E-state index < -0.39 is 0 Å². The number of benzene rings is 1. The Bertz CT molecular complexity index is 578. The van der Waals surface area contributed by atoms with E-state index >= 15 is 0 Å². The predicted molar refractivity (Wildman–Crippen MR) is 67.3 cm³/mol. The third-order valence-electron chi connectivity index (χ3n) is 1.89. The Morgan fingerprint density at radius 2 is 1.88 bits per heavy atom. The van der Waals surface area contributed by atoms with Crippen molar-refractivity contribution < 1.29 is 0 Å². The molecule has 0 unspecified atom stereocenters. The van der Waals surface area contributed by atoms with Crippen LogP contribution in [0.15, 0.2) is 40.3 Å². The lowest BCUT2D eigenvalue weighted by atomic mass is 10.2. The summed E-state index contributed by atoms with van der Waals surface area (Å²) < 4.78 is 0. The van der Waals surface area contributed by atoms with Crippen molar-refractivity contribution in [3.8, 4) is 6.07 Å². The van der Waals surface area contributed by atoms with Crippen LogP contribution in [0.4, 0.5) is 0 Å². The molecule has 0 bridgehead atoms. The zero-order valence-electron chi connectivity index (χ0n) is 8.39. The van der Waals surface area contributed by atoms with Crippen molar-refractivity contribution in [1.29, 1.82) is 5.26 Å². The van der Waals surface area contributed by atoms with Crippen LogP contribution in [-0.2, 0) is 0 Å². The van der Waals surface area contributed by atoms with Crippen LogP contribution in [0.1, 0.15) is 5.56 Å². The van der Waals surface area contributed by atoms with Crippen LogP contribution in [0.2, 0.25) is 10.4 Å². The molecule has 2 rings (SSSR count). The van der Waals surface area contributed by atoms with Crippen molar-refractivity contribution in [3.05, 3.63) is 46.5 Å². The van der Waals surface area contributed by atoms with E-state index in [4.69, 9.17) is 28.5 Å². The third kappa shape index (κ3) is 3.10. The number of halogens is 2. The molecule has 84 valence electrons. The average Bonchev–Trinajstić information content (AvgIpc) is 2.34. The molecule has 0 aliphatic rings. The second-order valence-corrected chi connectivity index (χ2v) is 4.84. The van der Waals surface area contributed by atoms with E-state index in [-0.39, 0.29) is 5.28 Å². The zero-order valence-corrected chi connectivity index (χ0v) is 10.7. The lowest BCUT2D eigenvalue weighted by Gasteiger charge is -2.02. The number of aromatic nitrogens is 2. The Hall–Kier alpha value is -1.28. The maximum absolute atomic E-state index is 8.68. The smallest absolute Gasteiger partial charge is 0.223 e. The van der Waals surface area contributed by atoms with Gasteiger partial charge in [0.25, 0.3) is 0 Å². The first-order valence-electron chi connectivity index (χ1n) is 4.55. The molecule has 6 heteroatoms. The number of nitriles is 1. The maximum Gasteiger partial charge on any atom is 0.223 e. The van der Waals surface area contributed by atoms with E-state index in [0.29, 0.717) is 10.7 Å². The Kier molecular flexibility index (Phi) is 3.85. The highest BCUT2D eigenvalue weighted by Gasteiger charge is 2.05. The summed E-state index contributed by atoms with van der Waals surface area (Å²) in [6.07, 6.45) is 1.57. The molecule has 3 nitrogen and oxygen atoms in total. The molecular weight excluding hydrogens is 277 g/mol. The van der Waals surface area contributed by atoms with Crippen LogP contribution in [0.3, 0.4) is 0 Å². The molecule has 0 radical (unpaired) electrons. The van der Waals surface area contributed by atoms with Crippen molar-refractivity contribution >= 4 is 35.0 Å². The topological polar surface area (TPSA) is 49.6 Å². The molecule has 0 spiro atoms. The first-order valence-corrected chi connectivity index (χ1v) is 6.12. The molecule has 1 heterocycles. The standard InChI is InChI=1S/C11H5Cl2N3S/c12-10-9(6-15-11(13)16-10)17-8-3-1-7(5-14)2-4-8/h1-4,6H. The molecule has 0 aliphatic heterocycles. The fourth-order valence-electron chi connectivity index (χ4n) is 1.12. The molecule has 1 aromatic heterocycles. The Morgan fingerprint density at radius 1 is 1.18 bits per heavy atom. The second kappa shape index (κ2) is 5.37. The molecule has 0 aliphatic carbocycles. The Morgan fingerprint density at radius 3 is 2.47 bits per heavy atom. The van der Waals surface area contributed by atoms with Gasteiger partial charge in [0.1, 0.15) is 5.15 Å². The molecular formula is C11H5Cl2N3S. The van der Waals surface area contributed by atoms with E-state index in [1.54, 1.807) is 18.3 Å². The van der Waals surface area contributed by atoms with Gasteiger partial charge in [-0.25, -0.2) is 9.97 Å². The third-order valence-corrected chi connectivity index (χ3v) is 3.50. The monoisotopic (exact) mass is 281 g/mol. The SMILES string of the molecule is N#Cc1ccc(Sc2cnc(Cl)nc2Cl)cc1. The van der Waals surface area contributed by atoms with Gasteiger partial charge in [0.05, 0.1) is 16.5 Å². The first-order chi connectivity index (χ1) is 8.19. The van der Waals surface area contributed by atoms with E-state index in [2.05, 4.69) is 16.0 Å². The van der Waals surface area contributed by atoms with Crippen LogP contribution in [0, 0.1) is 11.3 Å². The van der Waals surface area contributed by atoms with Crippen LogP contribution in [0.25, 0.3) is 0 Å². The normalized spacial score (nSPS) is 9.94. The summed E-state index contributed by atoms with van der Waals surface area (Å²) >= 11 is 13.0. The maximum atomic E-state index is 8.68. The van der Waals surface area contributed by atoms with E-state index in [1.165, 1.54) is 11.8 Å². The summed E-state index contributed by atoms with van der Waals surface area (Å²) in [7, 11) is 0. The minimum atomic E-state index is 0.124. The van der Waals surface area contributed by atoms with Gasteiger partial charge in [0.2, 0.25) is 5.28 Å². The van der Waals surface area contributed by atoms with Crippen molar-refractivity contribution in [3.63, 3.8) is 0 Å². The van der Waals surface area contributed by atoms with E-state index in [0.717, 1.165) is 9.79 Å². The molecule has 2 aromatic rings. The van der Waals surface area contributed by atoms with Gasteiger partial charge in [0, 0.05) is 11.1 Å². The van der Waals surface area contributed by atoms with Gasteiger partial charge in [0.15, 0.2) is 0 Å². The summed E-state index contributed by atoms with van der Waals surface area (Å²) in [5, 5.41) is 9.12. The summed E-state index contributed by atoms with van der Waals surface area (Å²) in [4.78, 5) is 9.39. The quantitative estimate of drug-likeness (QED) is 0.621. The molecule has 0 amide bonds. The minimum Gasteiger partial charge on any atom is -0.225 e. The summed E-state index contributed by atoms with van der Waals surface area (Å²) in [5.74, 6) is 0. The molecule has 17 heavy (non-hydrogen) atoms. The summed E-state index contributed by atoms with van der Waals surface area (Å²) in [6.45, 7) is 0. The van der Waals surface area contributed by atoms with Gasteiger partial charge < -0.3 is 0 Å². The Labute approximate surface area is 112 Å². The highest BCUT2D eigenvalue weighted by Crippen LogP contribution is 2.32. The van der Waals surface area contributed by atoms with Gasteiger partial charge in [-0.2, -0.15) is 5.26 Å². The van der Waals surface area contributed by atoms with E-state index in [1.807, 2.05) is 12.1 Å². The summed E-state index contributed by atoms with van der Waals surface area (Å²) in [5.41, 5.74) is 0.618. The zero-order chi connectivity index (χ0) is 12.3. The van der Waals surface area contributed by atoms with Crippen molar-refractivity contribution in [1.82, 2.24) is 9.97 Å². The fourth-order valence-corrected chi connectivity index (χ4v) is 2.31. The predicted octanol–water partition coefficient (Wildman–Crippen LogP) is 3.81. The van der Waals surface area contributed by atoms with E-state index in [9.17, 15) is 0 Å². The van der Waals surface area contributed by atoms with Crippen molar-refractivity contribution in [2.75, 3.05) is 0 Å². The van der Waals surface area contributed by atoms with Gasteiger partial charge in [-0.15, -0.1) is 0 Å². The Balaban J connectivity index is 2.23. The van der Waals surface area contributed by atoms with Crippen LogP contribution >= 0.6 is 35.0 Å². The highest BCUT2D eigenvalue weighted by molar-refractivity contribution is 7.99. The highest BCUT2D eigenvalue weighted by atomic mass is 35.5. The number of rotatable bonds is 2. The number of nitrogens with zero attached hydrogens (tertiary/aromatic N) is 3.